The van der Waals surface area contributed by atoms with Gasteiger partial charge in [-0.1, -0.05) is 36.4 Å². The molecule has 1 aliphatic carbocycles. The fraction of sp³-hybridized carbons (Fsp3) is 0.400. The average molecular weight is 308 g/mol. The predicted octanol–water partition coefficient (Wildman–Crippen LogP) is 1.45. The zero-order chi connectivity index (χ0) is 15.3. The first-order chi connectivity index (χ1) is 9.94. The molecule has 1 atom stereocenters. The lowest BCUT2D eigenvalue weighted by atomic mass is 9.93. The summed E-state index contributed by atoms with van der Waals surface area (Å²) in [6.07, 6.45) is 6.82. The summed E-state index contributed by atoms with van der Waals surface area (Å²) in [4.78, 5) is 12.0. The molecule has 6 heteroatoms. The van der Waals surface area contributed by atoms with Gasteiger partial charge in [0.25, 0.3) is 0 Å². The van der Waals surface area contributed by atoms with Gasteiger partial charge in [0.1, 0.15) is 0 Å². The lowest BCUT2D eigenvalue weighted by Gasteiger charge is -2.17. The molecular weight excluding hydrogens is 288 g/mol. The number of hydrogen-bond donors (Lipinski definition) is 2. The summed E-state index contributed by atoms with van der Waals surface area (Å²) in [5, 5.41) is 7.92. The van der Waals surface area contributed by atoms with Gasteiger partial charge in [0, 0.05) is 12.5 Å². The van der Waals surface area contributed by atoms with E-state index in [1.807, 2.05) is 12.1 Å². The van der Waals surface area contributed by atoms with Crippen molar-refractivity contribution in [2.45, 2.75) is 31.6 Å². The van der Waals surface area contributed by atoms with Crippen LogP contribution in [0.4, 0.5) is 0 Å². The molecule has 0 aromatic heterocycles. The van der Waals surface area contributed by atoms with E-state index in [1.54, 1.807) is 12.1 Å². The third-order valence-corrected chi connectivity index (χ3v) is 4.23. The number of allylic oxidation sites excluding steroid dienone is 2. The number of benzene rings is 1. The molecule has 1 aromatic carbocycles. The van der Waals surface area contributed by atoms with Crippen LogP contribution in [0.5, 0.6) is 0 Å². The molecule has 0 bridgehead atoms. The van der Waals surface area contributed by atoms with Crippen molar-refractivity contribution in [3.05, 3.63) is 47.5 Å². The standard InChI is InChI=1S/C15H20N2O3S/c16-21(19,20)11-13-8-6-12(7-9-13)10-17-15(18)14-4-2-1-3-5-14/h1-2,6-9,14H,3-5,10-11H2,(H,17,18)(H2,16,19,20)/t14-/m0/s1. The van der Waals surface area contributed by atoms with Crippen molar-refractivity contribution in [1.29, 1.82) is 0 Å². The number of nitrogens with two attached hydrogens (primary N) is 1. The molecule has 114 valence electrons. The Morgan fingerprint density at radius 2 is 1.86 bits per heavy atom. The molecule has 1 aromatic rings. The van der Waals surface area contributed by atoms with Crippen molar-refractivity contribution in [2.24, 2.45) is 11.1 Å². The van der Waals surface area contributed by atoms with Crippen LogP contribution in [-0.2, 0) is 27.1 Å². The van der Waals surface area contributed by atoms with Gasteiger partial charge in [-0.05, 0) is 30.4 Å². The van der Waals surface area contributed by atoms with Gasteiger partial charge < -0.3 is 5.32 Å². The number of sulfonamides is 1. The summed E-state index contributed by atoms with van der Waals surface area (Å²) in [5.41, 5.74) is 1.58. The molecule has 21 heavy (non-hydrogen) atoms. The van der Waals surface area contributed by atoms with Crippen molar-refractivity contribution >= 4 is 15.9 Å². The highest BCUT2D eigenvalue weighted by Crippen LogP contribution is 2.18. The highest BCUT2D eigenvalue weighted by Gasteiger charge is 2.17. The molecule has 0 fully saturated rings. The molecule has 1 amide bonds. The molecule has 5 nitrogen and oxygen atoms in total. The molecule has 3 N–H and O–H groups in total. The minimum absolute atomic E-state index is 0.0663. The molecule has 2 rings (SSSR count). The molecule has 0 saturated heterocycles. The summed E-state index contributed by atoms with van der Waals surface area (Å²) in [6.45, 7) is 0.453. The smallest absolute Gasteiger partial charge is 0.223 e. The second-order valence-electron chi connectivity index (χ2n) is 5.32. The Labute approximate surface area is 125 Å². The molecule has 1 aliphatic rings. The molecule has 0 saturated carbocycles. The van der Waals surface area contributed by atoms with Gasteiger partial charge in [-0.3, -0.25) is 4.79 Å². The summed E-state index contributed by atoms with van der Waals surface area (Å²) in [7, 11) is -3.51. The van der Waals surface area contributed by atoms with Crippen molar-refractivity contribution in [3.63, 3.8) is 0 Å². The van der Waals surface area contributed by atoms with Crippen molar-refractivity contribution in [2.75, 3.05) is 0 Å². The number of amides is 1. The number of primary sulfonamides is 1. The Balaban J connectivity index is 1.86. The van der Waals surface area contributed by atoms with Crippen LogP contribution in [0.25, 0.3) is 0 Å². The van der Waals surface area contributed by atoms with Crippen LogP contribution in [-0.4, -0.2) is 14.3 Å². The van der Waals surface area contributed by atoms with E-state index < -0.39 is 10.0 Å². The molecular formula is C15H20N2O3S. The van der Waals surface area contributed by atoms with Crippen LogP contribution >= 0.6 is 0 Å². The number of carbonyl (C=O) groups excluding carboxylic acids is 1. The van der Waals surface area contributed by atoms with E-state index in [0.717, 1.165) is 24.8 Å². The second-order valence-corrected chi connectivity index (χ2v) is 6.94. The van der Waals surface area contributed by atoms with E-state index in [9.17, 15) is 13.2 Å². The first kappa shape index (κ1) is 15.7. The molecule has 0 aliphatic heterocycles. The molecule has 0 radical (unpaired) electrons. The SMILES string of the molecule is NS(=O)(=O)Cc1ccc(CNC(=O)[C@H]2CC=CCC2)cc1. The minimum atomic E-state index is -3.51. The number of carbonyl (C=O) groups is 1. The lowest BCUT2D eigenvalue weighted by Crippen LogP contribution is -2.30. The normalized spacial score (nSPS) is 18.4. The van der Waals surface area contributed by atoms with Crippen LogP contribution < -0.4 is 10.5 Å². The monoisotopic (exact) mass is 308 g/mol. The third kappa shape index (κ3) is 5.32. The van der Waals surface area contributed by atoms with E-state index in [4.69, 9.17) is 5.14 Å². The Morgan fingerprint density at radius 3 is 2.43 bits per heavy atom. The average Bonchev–Trinajstić information content (AvgIpc) is 2.45. The first-order valence-electron chi connectivity index (χ1n) is 6.95. The van der Waals surface area contributed by atoms with Gasteiger partial charge in [-0.25, -0.2) is 13.6 Å². The zero-order valence-electron chi connectivity index (χ0n) is 11.8. The quantitative estimate of drug-likeness (QED) is 0.807. The first-order valence-corrected chi connectivity index (χ1v) is 8.66. The number of rotatable bonds is 5. The van der Waals surface area contributed by atoms with E-state index in [-0.39, 0.29) is 17.6 Å². The number of nitrogens with one attached hydrogen (secondary N) is 1. The molecule has 0 spiro atoms. The minimum Gasteiger partial charge on any atom is -0.352 e. The predicted molar refractivity (Wildman–Crippen MR) is 81.6 cm³/mol. The van der Waals surface area contributed by atoms with Crippen molar-refractivity contribution in [3.8, 4) is 0 Å². The van der Waals surface area contributed by atoms with Gasteiger partial charge in [-0.2, -0.15) is 0 Å². The highest BCUT2D eigenvalue weighted by molar-refractivity contribution is 7.88. The van der Waals surface area contributed by atoms with Crippen LogP contribution in [0.3, 0.4) is 0 Å². The largest absolute Gasteiger partial charge is 0.352 e. The third-order valence-electron chi connectivity index (χ3n) is 3.50. The summed E-state index contributed by atoms with van der Waals surface area (Å²) in [6, 6.07) is 7.05. The maximum Gasteiger partial charge on any atom is 0.223 e. The van der Waals surface area contributed by atoms with Crippen LogP contribution in [0.2, 0.25) is 0 Å². The van der Waals surface area contributed by atoms with Gasteiger partial charge in [0.05, 0.1) is 5.75 Å². The van der Waals surface area contributed by atoms with Gasteiger partial charge >= 0.3 is 0 Å². The van der Waals surface area contributed by atoms with Gasteiger partial charge in [-0.15, -0.1) is 0 Å². The summed E-state index contributed by atoms with van der Waals surface area (Å²) in [5.74, 6) is -0.0294. The fourth-order valence-electron chi connectivity index (χ4n) is 2.35. The maximum atomic E-state index is 12.0. The van der Waals surface area contributed by atoms with Crippen molar-refractivity contribution in [1.82, 2.24) is 5.32 Å². The van der Waals surface area contributed by atoms with Crippen LogP contribution in [0.15, 0.2) is 36.4 Å². The Bertz CT molecular complexity index is 621. The van der Waals surface area contributed by atoms with Crippen molar-refractivity contribution < 1.29 is 13.2 Å². The topological polar surface area (TPSA) is 89.3 Å². The fourth-order valence-corrected chi connectivity index (χ4v) is 3.01. The highest BCUT2D eigenvalue weighted by atomic mass is 32.2. The van der Waals surface area contributed by atoms with E-state index >= 15 is 0 Å². The van der Waals surface area contributed by atoms with Gasteiger partial charge in [0.15, 0.2) is 0 Å². The number of hydrogen-bond acceptors (Lipinski definition) is 3. The second kappa shape index (κ2) is 6.87. The molecule has 0 unspecified atom stereocenters. The Morgan fingerprint density at radius 1 is 1.19 bits per heavy atom. The van der Waals surface area contributed by atoms with E-state index in [0.29, 0.717) is 12.1 Å². The molecule has 0 heterocycles. The summed E-state index contributed by atoms with van der Waals surface area (Å²) >= 11 is 0. The van der Waals surface area contributed by atoms with Gasteiger partial charge in [0.2, 0.25) is 15.9 Å². The zero-order valence-corrected chi connectivity index (χ0v) is 12.6. The Hall–Kier alpha value is -1.66. The summed E-state index contributed by atoms with van der Waals surface area (Å²) < 4.78 is 22.0. The maximum absolute atomic E-state index is 12.0. The Kier molecular flexibility index (Phi) is 5.14. The van der Waals surface area contributed by atoms with Crippen LogP contribution in [0.1, 0.15) is 30.4 Å². The van der Waals surface area contributed by atoms with E-state index in [1.165, 1.54) is 0 Å². The van der Waals surface area contributed by atoms with Crippen LogP contribution in [0, 0.1) is 5.92 Å². The lowest BCUT2D eigenvalue weighted by molar-refractivity contribution is -0.125. The van der Waals surface area contributed by atoms with E-state index in [2.05, 4.69) is 17.5 Å².